The van der Waals surface area contributed by atoms with Crippen molar-refractivity contribution >= 4 is 28.3 Å². The van der Waals surface area contributed by atoms with E-state index in [0.29, 0.717) is 11.3 Å². The lowest BCUT2D eigenvalue weighted by Crippen LogP contribution is -2.02. The van der Waals surface area contributed by atoms with E-state index in [1.54, 1.807) is 0 Å². The Labute approximate surface area is 84.3 Å². The summed E-state index contributed by atoms with van der Waals surface area (Å²) in [6, 6.07) is 3.43. The highest BCUT2D eigenvalue weighted by Gasteiger charge is 2.03. The summed E-state index contributed by atoms with van der Waals surface area (Å²) in [5, 5.41) is 0. The van der Waals surface area contributed by atoms with Crippen LogP contribution in [0.1, 0.15) is 5.56 Å². The Bertz CT molecular complexity index is 328. The normalized spacial score (nSPS) is 10.0. The van der Waals surface area contributed by atoms with Crippen molar-refractivity contribution in [1.82, 2.24) is 0 Å². The Morgan fingerprint density at radius 1 is 1.46 bits per heavy atom. The Kier molecular flexibility index (Phi) is 3.62. The molecule has 0 saturated carbocycles. The van der Waals surface area contributed by atoms with Gasteiger partial charge in [0.05, 0.1) is 0 Å². The number of nitrogens with two attached hydrogens (primary N) is 1. The topological polar surface area (TPSA) is 26.0 Å². The predicted molar refractivity (Wildman–Crippen MR) is 54.4 cm³/mol. The number of halogens is 2. The van der Waals surface area contributed by atoms with Gasteiger partial charge in [-0.15, -0.1) is 0 Å². The van der Waals surface area contributed by atoms with Crippen molar-refractivity contribution in [2.24, 2.45) is 5.73 Å². The van der Waals surface area contributed by atoms with Gasteiger partial charge in [0.2, 0.25) is 0 Å². The van der Waals surface area contributed by atoms with Crippen molar-refractivity contribution in [1.29, 1.82) is 0 Å². The SMILES string of the molecule is NC(=S)SCc1ccc(F)cc1F. The van der Waals surface area contributed by atoms with Crippen molar-refractivity contribution in [3.8, 4) is 0 Å². The van der Waals surface area contributed by atoms with Gasteiger partial charge in [-0.1, -0.05) is 30.0 Å². The van der Waals surface area contributed by atoms with Crippen LogP contribution in [-0.2, 0) is 5.75 Å². The monoisotopic (exact) mass is 219 g/mol. The highest BCUT2D eigenvalue weighted by Crippen LogP contribution is 2.16. The zero-order chi connectivity index (χ0) is 9.84. The van der Waals surface area contributed by atoms with E-state index in [1.807, 2.05) is 0 Å². The van der Waals surface area contributed by atoms with Gasteiger partial charge < -0.3 is 5.73 Å². The van der Waals surface area contributed by atoms with Crippen LogP contribution in [0, 0.1) is 11.6 Å². The Morgan fingerprint density at radius 3 is 2.69 bits per heavy atom. The molecule has 0 saturated heterocycles. The first-order chi connectivity index (χ1) is 6.09. The first-order valence-corrected chi connectivity index (χ1v) is 4.85. The molecule has 2 N–H and O–H groups in total. The minimum Gasteiger partial charge on any atom is -0.385 e. The van der Waals surface area contributed by atoms with Gasteiger partial charge in [-0.25, -0.2) is 8.78 Å². The molecule has 0 atom stereocenters. The summed E-state index contributed by atoms with van der Waals surface area (Å²) in [4.78, 5) is 0. The van der Waals surface area contributed by atoms with E-state index in [2.05, 4.69) is 12.2 Å². The summed E-state index contributed by atoms with van der Waals surface area (Å²) in [6.07, 6.45) is 0. The summed E-state index contributed by atoms with van der Waals surface area (Å²) >= 11 is 5.76. The number of thioether (sulfide) groups is 1. The molecule has 0 aromatic heterocycles. The fraction of sp³-hybridized carbons (Fsp3) is 0.125. The molecule has 0 fully saturated rings. The molecule has 0 radical (unpaired) electrons. The number of benzene rings is 1. The lowest BCUT2D eigenvalue weighted by molar-refractivity contribution is 0.577. The second kappa shape index (κ2) is 4.53. The first kappa shape index (κ1) is 10.4. The van der Waals surface area contributed by atoms with Gasteiger partial charge in [-0.2, -0.15) is 0 Å². The maximum absolute atomic E-state index is 13.0. The number of hydrogen-bond acceptors (Lipinski definition) is 2. The van der Waals surface area contributed by atoms with E-state index in [0.717, 1.165) is 17.8 Å². The van der Waals surface area contributed by atoms with Crippen molar-refractivity contribution in [3.63, 3.8) is 0 Å². The van der Waals surface area contributed by atoms with E-state index in [-0.39, 0.29) is 4.32 Å². The molecule has 0 aliphatic heterocycles. The summed E-state index contributed by atoms with van der Waals surface area (Å²) in [5.41, 5.74) is 5.62. The van der Waals surface area contributed by atoms with E-state index >= 15 is 0 Å². The molecule has 1 aromatic carbocycles. The van der Waals surface area contributed by atoms with Crippen molar-refractivity contribution < 1.29 is 8.78 Å². The summed E-state index contributed by atoms with van der Waals surface area (Å²) in [6.45, 7) is 0. The summed E-state index contributed by atoms with van der Waals surface area (Å²) in [5.74, 6) is -0.813. The molecule has 0 aliphatic rings. The predicted octanol–water partition coefficient (Wildman–Crippen LogP) is 2.44. The van der Waals surface area contributed by atoms with Crippen molar-refractivity contribution in [3.05, 3.63) is 35.4 Å². The number of hydrogen-bond donors (Lipinski definition) is 1. The van der Waals surface area contributed by atoms with Gasteiger partial charge >= 0.3 is 0 Å². The molecule has 5 heteroatoms. The van der Waals surface area contributed by atoms with Gasteiger partial charge in [0.1, 0.15) is 16.0 Å². The molecule has 0 heterocycles. The van der Waals surface area contributed by atoms with E-state index in [4.69, 9.17) is 5.73 Å². The molecule has 0 unspecified atom stereocenters. The fourth-order valence-electron chi connectivity index (χ4n) is 0.788. The molecule has 1 rings (SSSR count). The third kappa shape index (κ3) is 3.28. The molecule has 1 nitrogen and oxygen atoms in total. The lowest BCUT2D eigenvalue weighted by atomic mass is 10.2. The molecule has 13 heavy (non-hydrogen) atoms. The molecule has 0 amide bonds. The van der Waals surface area contributed by atoms with Crippen LogP contribution < -0.4 is 5.73 Å². The highest BCUT2D eigenvalue weighted by molar-refractivity contribution is 8.22. The number of thiocarbonyl (C=S) groups is 1. The molecular formula is C8H7F2NS2. The molecular weight excluding hydrogens is 212 g/mol. The van der Waals surface area contributed by atoms with Crippen LogP contribution in [0.4, 0.5) is 8.78 Å². The minimum absolute atomic E-state index is 0.253. The van der Waals surface area contributed by atoms with Crippen LogP contribution in [0.15, 0.2) is 18.2 Å². The van der Waals surface area contributed by atoms with E-state index in [1.165, 1.54) is 12.1 Å². The highest BCUT2D eigenvalue weighted by atomic mass is 32.2. The van der Waals surface area contributed by atoms with Gasteiger partial charge in [0, 0.05) is 11.8 Å². The van der Waals surface area contributed by atoms with Gasteiger partial charge in [-0.3, -0.25) is 0 Å². The zero-order valence-corrected chi connectivity index (χ0v) is 8.22. The van der Waals surface area contributed by atoms with Gasteiger partial charge in [-0.05, 0) is 11.6 Å². The minimum atomic E-state index is -0.582. The van der Waals surface area contributed by atoms with Crippen LogP contribution in [0.2, 0.25) is 0 Å². The molecule has 70 valence electrons. The van der Waals surface area contributed by atoms with Crippen molar-refractivity contribution in [2.45, 2.75) is 5.75 Å². The Morgan fingerprint density at radius 2 is 2.15 bits per heavy atom. The summed E-state index contributed by atoms with van der Waals surface area (Å²) < 4.78 is 25.7. The molecule has 0 aliphatic carbocycles. The third-order valence-electron chi connectivity index (χ3n) is 1.39. The second-order valence-corrected chi connectivity index (χ2v) is 4.06. The van der Waals surface area contributed by atoms with Crippen LogP contribution in [0.3, 0.4) is 0 Å². The zero-order valence-electron chi connectivity index (χ0n) is 6.59. The standard InChI is InChI=1S/C8H7F2NS2/c9-6-2-1-5(7(10)3-6)4-13-8(11)12/h1-3H,4H2,(H2,11,12). The maximum atomic E-state index is 13.0. The van der Waals surface area contributed by atoms with Crippen LogP contribution in [0.5, 0.6) is 0 Å². The average molecular weight is 219 g/mol. The van der Waals surface area contributed by atoms with E-state index in [9.17, 15) is 8.78 Å². The smallest absolute Gasteiger partial charge is 0.131 e. The molecule has 1 aromatic rings. The first-order valence-electron chi connectivity index (χ1n) is 3.46. The summed E-state index contributed by atoms with van der Waals surface area (Å²) in [7, 11) is 0. The fourth-order valence-corrected chi connectivity index (χ4v) is 1.50. The van der Waals surface area contributed by atoms with Gasteiger partial charge in [0.25, 0.3) is 0 Å². The maximum Gasteiger partial charge on any atom is 0.131 e. The second-order valence-electron chi connectivity index (χ2n) is 2.34. The Balaban J connectivity index is 2.72. The van der Waals surface area contributed by atoms with E-state index < -0.39 is 11.6 Å². The van der Waals surface area contributed by atoms with Gasteiger partial charge in [0.15, 0.2) is 0 Å². The lowest BCUT2D eigenvalue weighted by Gasteiger charge is -2.01. The number of rotatable bonds is 2. The Hall–Kier alpha value is -0.680. The van der Waals surface area contributed by atoms with Crippen molar-refractivity contribution in [2.75, 3.05) is 0 Å². The molecule has 0 spiro atoms. The average Bonchev–Trinajstić information content (AvgIpc) is 2.02. The quantitative estimate of drug-likeness (QED) is 0.774. The largest absolute Gasteiger partial charge is 0.385 e. The van der Waals surface area contributed by atoms with Crippen LogP contribution in [0.25, 0.3) is 0 Å². The molecule has 0 bridgehead atoms. The third-order valence-corrected chi connectivity index (χ3v) is 2.48. The van der Waals surface area contributed by atoms with Crippen LogP contribution in [-0.4, -0.2) is 4.32 Å². The van der Waals surface area contributed by atoms with Crippen LogP contribution >= 0.6 is 24.0 Å².